The van der Waals surface area contributed by atoms with Gasteiger partial charge >= 0.3 is 12.4 Å². The average Bonchev–Trinajstić information content (AvgIpc) is 3.56. The largest absolute Gasteiger partial charge is 0.412 e. The van der Waals surface area contributed by atoms with Gasteiger partial charge in [0, 0.05) is 44.5 Å². The Hall–Kier alpha value is -2.44. The lowest BCUT2D eigenvalue weighted by atomic mass is 9.87. The molecule has 0 spiro atoms. The van der Waals surface area contributed by atoms with Crippen LogP contribution in [0.15, 0.2) is 18.5 Å². The average molecular weight is 509 g/mol. The summed E-state index contributed by atoms with van der Waals surface area (Å²) in [5, 5.41) is 0. The Labute approximate surface area is 199 Å². The van der Waals surface area contributed by atoms with Gasteiger partial charge in [0.05, 0.1) is 12.7 Å². The zero-order valence-corrected chi connectivity index (χ0v) is 19.7. The van der Waals surface area contributed by atoms with Crippen LogP contribution in [0.25, 0.3) is 0 Å². The van der Waals surface area contributed by atoms with E-state index < -0.39 is 42.9 Å². The molecular formula is C22H30F6N6O. The van der Waals surface area contributed by atoms with Gasteiger partial charge in [0.15, 0.2) is 0 Å². The van der Waals surface area contributed by atoms with Gasteiger partial charge in [0.1, 0.15) is 11.5 Å². The van der Waals surface area contributed by atoms with Crippen molar-refractivity contribution in [3.8, 4) is 0 Å². The Morgan fingerprint density at radius 1 is 1.17 bits per heavy atom. The molecule has 1 aromatic heterocycles. The minimum Gasteiger partial charge on any atom is -0.366 e. The van der Waals surface area contributed by atoms with E-state index >= 15 is 0 Å². The number of aromatic nitrogens is 2. The molecule has 196 valence electrons. The number of nitrogens with zero attached hydrogens (tertiary/aromatic N) is 5. The predicted octanol–water partition coefficient (Wildman–Crippen LogP) is 3.59. The van der Waals surface area contributed by atoms with Crippen LogP contribution in [0.3, 0.4) is 0 Å². The lowest BCUT2D eigenvalue weighted by Crippen LogP contribution is -2.61. The van der Waals surface area contributed by atoms with Gasteiger partial charge in [-0.25, -0.2) is 9.66 Å². The van der Waals surface area contributed by atoms with Gasteiger partial charge in [-0.1, -0.05) is 6.58 Å². The molecule has 1 saturated carbocycles. The SMILES string of the molecule is C=C(C1CC1)N1CCNn2cc(C(=O)N(C)C3(C)CCN(C(C(F)(F)F)C(F)(F)F)CC3)nc2C1. The Morgan fingerprint density at radius 2 is 1.77 bits per heavy atom. The molecular weight excluding hydrogens is 478 g/mol. The first-order valence-corrected chi connectivity index (χ1v) is 11.6. The third-order valence-corrected chi connectivity index (χ3v) is 7.42. The van der Waals surface area contributed by atoms with E-state index in [9.17, 15) is 31.1 Å². The van der Waals surface area contributed by atoms with Crippen molar-refractivity contribution >= 4 is 5.91 Å². The Balaban J connectivity index is 1.44. The van der Waals surface area contributed by atoms with Crippen molar-refractivity contribution in [2.24, 2.45) is 5.92 Å². The number of piperidine rings is 1. The van der Waals surface area contributed by atoms with E-state index in [4.69, 9.17) is 0 Å². The summed E-state index contributed by atoms with van der Waals surface area (Å²) < 4.78 is 80.4. The second kappa shape index (κ2) is 8.90. The van der Waals surface area contributed by atoms with E-state index in [1.54, 1.807) is 17.8 Å². The van der Waals surface area contributed by atoms with Gasteiger partial charge < -0.3 is 15.2 Å². The normalized spacial score (nSPS) is 21.3. The molecule has 1 saturated heterocycles. The van der Waals surface area contributed by atoms with E-state index in [-0.39, 0.29) is 18.5 Å². The molecule has 1 aliphatic carbocycles. The zero-order valence-electron chi connectivity index (χ0n) is 19.7. The van der Waals surface area contributed by atoms with Crippen LogP contribution in [-0.2, 0) is 6.54 Å². The van der Waals surface area contributed by atoms with E-state index in [2.05, 4.69) is 21.9 Å². The van der Waals surface area contributed by atoms with Crippen molar-refractivity contribution in [2.75, 3.05) is 38.7 Å². The monoisotopic (exact) mass is 508 g/mol. The zero-order chi connectivity index (χ0) is 25.8. The second-order valence-electron chi connectivity index (χ2n) is 9.89. The number of hydrogen-bond donors (Lipinski definition) is 1. The number of nitrogens with one attached hydrogen (secondary N) is 1. The topological polar surface area (TPSA) is 56.6 Å². The maximum atomic E-state index is 13.2. The number of halogens is 6. The molecule has 4 rings (SSSR count). The summed E-state index contributed by atoms with van der Waals surface area (Å²) in [5.74, 6) is 0.696. The highest BCUT2D eigenvalue weighted by molar-refractivity contribution is 5.92. The number of fused-ring (bicyclic) bond motifs is 1. The van der Waals surface area contributed by atoms with Crippen molar-refractivity contribution in [2.45, 2.75) is 63.1 Å². The Bertz CT molecular complexity index is 947. The lowest BCUT2D eigenvalue weighted by Gasteiger charge is -2.47. The van der Waals surface area contributed by atoms with Gasteiger partial charge in [0.25, 0.3) is 5.91 Å². The highest BCUT2D eigenvalue weighted by atomic mass is 19.4. The van der Waals surface area contributed by atoms with Crippen LogP contribution in [0.5, 0.6) is 0 Å². The first-order chi connectivity index (χ1) is 16.2. The highest BCUT2D eigenvalue weighted by Crippen LogP contribution is 2.40. The van der Waals surface area contributed by atoms with Crippen LogP contribution in [0.4, 0.5) is 26.3 Å². The quantitative estimate of drug-likeness (QED) is 0.617. The van der Waals surface area contributed by atoms with Crippen molar-refractivity contribution in [3.05, 3.63) is 30.0 Å². The summed E-state index contributed by atoms with van der Waals surface area (Å²) in [5.41, 5.74) is 3.52. The summed E-state index contributed by atoms with van der Waals surface area (Å²) in [6.07, 6.45) is -7.08. The first kappa shape index (κ1) is 25.6. The standard InChI is InChI=1S/C22H30F6N6O/c1-14(15-4-5-15)33-11-8-29-34-12-16(30-17(34)13-33)18(35)31(3)20(2)6-9-32(10-7-20)19(21(23,24)25)22(26,27)28/h12,15,19,29H,1,4-11,13H2,2-3H3. The van der Waals surface area contributed by atoms with Crippen molar-refractivity contribution in [3.63, 3.8) is 0 Å². The third kappa shape index (κ3) is 5.24. The molecule has 0 aromatic carbocycles. The van der Waals surface area contributed by atoms with Gasteiger partial charge in [-0.05, 0) is 38.5 Å². The number of imidazole rings is 1. The number of alkyl halides is 6. The van der Waals surface area contributed by atoms with Gasteiger partial charge in [-0.3, -0.25) is 9.69 Å². The van der Waals surface area contributed by atoms with Crippen molar-refractivity contribution in [1.82, 2.24) is 24.4 Å². The molecule has 1 N–H and O–H groups in total. The van der Waals surface area contributed by atoms with E-state index in [1.807, 2.05) is 0 Å². The summed E-state index contributed by atoms with van der Waals surface area (Å²) >= 11 is 0. The molecule has 2 fully saturated rings. The van der Waals surface area contributed by atoms with E-state index in [1.165, 1.54) is 11.9 Å². The van der Waals surface area contributed by atoms with Gasteiger partial charge in [-0.2, -0.15) is 26.3 Å². The third-order valence-electron chi connectivity index (χ3n) is 7.42. The highest BCUT2D eigenvalue weighted by Gasteiger charge is 2.60. The number of allylic oxidation sites excluding steroid dienone is 1. The van der Waals surface area contributed by atoms with Crippen LogP contribution in [0.1, 0.15) is 48.9 Å². The minimum atomic E-state index is -5.42. The molecule has 0 radical (unpaired) electrons. The number of likely N-dealkylation sites (tertiary alicyclic amines) is 1. The molecule has 1 aromatic rings. The van der Waals surface area contributed by atoms with Crippen LogP contribution >= 0.6 is 0 Å². The number of amides is 1. The molecule has 7 nitrogen and oxygen atoms in total. The van der Waals surface area contributed by atoms with Crippen LogP contribution in [0.2, 0.25) is 0 Å². The Morgan fingerprint density at radius 3 is 2.31 bits per heavy atom. The Kier molecular flexibility index (Phi) is 6.52. The fourth-order valence-electron chi connectivity index (χ4n) is 4.86. The summed E-state index contributed by atoms with van der Waals surface area (Å²) in [4.78, 5) is 21.7. The molecule has 0 bridgehead atoms. The molecule has 0 atom stereocenters. The van der Waals surface area contributed by atoms with Crippen LogP contribution in [0, 0.1) is 5.92 Å². The predicted molar refractivity (Wildman–Crippen MR) is 116 cm³/mol. The molecule has 35 heavy (non-hydrogen) atoms. The van der Waals surface area contributed by atoms with Crippen LogP contribution in [-0.4, -0.2) is 87.4 Å². The fourth-order valence-corrected chi connectivity index (χ4v) is 4.86. The van der Waals surface area contributed by atoms with E-state index in [0.29, 0.717) is 29.7 Å². The van der Waals surface area contributed by atoms with Crippen molar-refractivity contribution < 1.29 is 31.1 Å². The molecule has 2 aliphatic heterocycles. The van der Waals surface area contributed by atoms with Gasteiger partial charge in [0.2, 0.25) is 6.04 Å². The maximum absolute atomic E-state index is 13.2. The second-order valence-corrected chi connectivity index (χ2v) is 9.89. The minimum absolute atomic E-state index is 0.0291. The smallest absolute Gasteiger partial charge is 0.366 e. The first-order valence-electron chi connectivity index (χ1n) is 11.6. The molecule has 3 aliphatic rings. The summed E-state index contributed by atoms with van der Waals surface area (Å²) in [7, 11) is 1.52. The number of hydrogen-bond acceptors (Lipinski definition) is 5. The van der Waals surface area contributed by atoms with E-state index in [0.717, 1.165) is 25.1 Å². The maximum Gasteiger partial charge on any atom is 0.412 e. The molecule has 1 amide bonds. The summed E-state index contributed by atoms with van der Waals surface area (Å²) in [6.45, 7) is 6.87. The molecule has 13 heteroatoms. The molecule has 3 heterocycles. The van der Waals surface area contributed by atoms with Gasteiger partial charge in [-0.15, -0.1) is 0 Å². The lowest BCUT2D eigenvalue weighted by molar-refractivity contribution is -0.290. The fraction of sp³-hybridized carbons (Fsp3) is 0.727. The molecule has 0 unspecified atom stereocenters. The number of carbonyl (C=O) groups excluding carboxylic acids is 1. The van der Waals surface area contributed by atoms with Crippen molar-refractivity contribution in [1.29, 1.82) is 0 Å². The number of carbonyl (C=O) groups is 1. The number of rotatable bonds is 5. The summed E-state index contributed by atoms with van der Waals surface area (Å²) in [6, 6.07) is -3.51. The van der Waals surface area contributed by atoms with Crippen LogP contribution < -0.4 is 5.43 Å².